The number of carbonyl (C=O) groups excluding carboxylic acids is 2. The number of nitrogens with zero attached hydrogens (tertiary/aromatic N) is 1. The van der Waals surface area contributed by atoms with Crippen LogP contribution in [0, 0.1) is 0 Å². The number of rotatable bonds is 3. The molecule has 1 unspecified atom stereocenters. The molecular weight excluding hydrogens is 447 g/mol. The van der Waals surface area contributed by atoms with Crippen LogP contribution in [-0.2, 0) is 20.4 Å². The predicted octanol–water partition coefficient (Wildman–Crippen LogP) is 5.30. The van der Waals surface area contributed by atoms with E-state index in [2.05, 4.69) is 0 Å². The minimum Gasteiger partial charge on any atom is -0.465 e. The van der Waals surface area contributed by atoms with Crippen LogP contribution in [0.4, 0.5) is 13.2 Å². The molecule has 2 aromatic rings. The van der Waals surface area contributed by atoms with Crippen LogP contribution in [0.2, 0.25) is 0 Å². The number of ether oxygens (including phenoxy) is 2. The summed E-state index contributed by atoms with van der Waals surface area (Å²) in [4.78, 5) is 28.5. The molecule has 5 nitrogen and oxygen atoms in total. The van der Waals surface area contributed by atoms with Gasteiger partial charge in [-0.3, -0.25) is 4.79 Å². The van der Waals surface area contributed by atoms with Gasteiger partial charge in [-0.2, -0.15) is 13.2 Å². The highest BCUT2D eigenvalue weighted by atomic mass is 19.4. The van der Waals surface area contributed by atoms with Gasteiger partial charge in [-0.1, -0.05) is 42.5 Å². The summed E-state index contributed by atoms with van der Waals surface area (Å²) in [5.74, 6) is -1.63. The SMILES string of the molecule is COC(=O)C1=C(N2CCCCC2)OC2=C(C(=O)c3ccccc32)C1c1cccc(C(F)(F)F)c1. The Kier molecular flexibility index (Phi) is 5.46. The summed E-state index contributed by atoms with van der Waals surface area (Å²) in [6, 6.07) is 11.6. The number of Topliss-reactive ketones (excluding diaryl/α,β-unsaturated/α-hetero) is 1. The van der Waals surface area contributed by atoms with Gasteiger partial charge in [0, 0.05) is 24.2 Å². The number of fused-ring (bicyclic) bond motifs is 2. The van der Waals surface area contributed by atoms with E-state index < -0.39 is 23.6 Å². The van der Waals surface area contributed by atoms with Crippen molar-refractivity contribution in [2.45, 2.75) is 31.4 Å². The summed E-state index contributed by atoms with van der Waals surface area (Å²) in [5.41, 5.74) is 0.490. The number of piperidine rings is 1. The molecule has 0 spiro atoms. The highest BCUT2D eigenvalue weighted by Crippen LogP contribution is 2.50. The van der Waals surface area contributed by atoms with Crippen molar-refractivity contribution in [3.63, 3.8) is 0 Å². The third kappa shape index (κ3) is 3.57. The van der Waals surface area contributed by atoms with E-state index in [0.717, 1.165) is 31.4 Å². The molecule has 2 heterocycles. The maximum Gasteiger partial charge on any atom is 0.416 e. The van der Waals surface area contributed by atoms with E-state index in [4.69, 9.17) is 9.47 Å². The molecular formula is C26H22F3NO4. The zero-order valence-electron chi connectivity index (χ0n) is 18.4. The standard InChI is InChI=1S/C26H22F3NO4/c1-33-25(32)21-19(15-8-7-9-16(14-15)26(27,28)29)20-22(31)17-10-3-4-11-18(17)23(20)34-24(21)30-12-5-2-6-13-30/h3-4,7-11,14,19H,2,5-6,12-13H2,1H3. The number of hydrogen-bond donors (Lipinski definition) is 0. The number of likely N-dealkylation sites (tertiary alicyclic amines) is 1. The van der Waals surface area contributed by atoms with Gasteiger partial charge in [0.1, 0.15) is 11.3 Å². The largest absolute Gasteiger partial charge is 0.465 e. The Morgan fingerprint density at radius 1 is 1.03 bits per heavy atom. The van der Waals surface area contributed by atoms with E-state index in [0.29, 0.717) is 24.2 Å². The molecule has 0 aromatic heterocycles. The number of methoxy groups -OCH3 is 1. The Balaban J connectivity index is 1.76. The Bertz CT molecular complexity index is 1240. The van der Waals surface area contributed by atoms with E-state index in [1.807, 2.05) is 4.90 Å². The first-order valence-electron chi connectivity index (χ1n) is 11.1. The van der Waals surface area contributed by atoms with Gasteiger partial charge in [-0.15, -0.1) is 0 Å². The third-order valence-corrected chi connectivity index (χ3v) is 6.51. The van der Waals surface area contributed by atoms with Crippen LogP contribution in [0.3, 0.4) is 0 Å². The van der Waals surface area contributed by atoms with E-state index >= 15 is 0 Å². The molecule has 2 aliphatic heterocycles. The Morgan fingerprint density at radius 2 is 1.74 bits per heavy atom. The van der Waals surface area contributed by atoms with Crippen molar-refractivity contribution in [3.8, 4) is 0 Å². The van der Waals surface area contributed by atoms with Gasteiger partial charge < -0.3 is 14.4 Å². The highest BCUT2D eigenvalue weighted by molar-refractivity contribution is 6.22. The molecule has 3 aliphatic rings. The average Bonchev–Trinajstić information content (AvgIpc) is 3.14. The summed E-state index contributed by atoms with van der Waals surface area (Å²) < 4.78 is 52.0. The predicted molar refractivity (Wildman–Crippen MR) is 117 cm³/mol. The molecule has 34 heavy (non-hydrogen) atoms. The number of ketones is 1. The molecule has 0 bridgehead atoms. The van der Waals surface area contributed by atoms with Crippen molar-refractivity contribution >= 4 is 17.5 Å². The van der Waals surface area contributed by atoms with Gasteiger partial charge in [-0.25, -0.2) is 4.79 Å². The molecule has 2 aromatic carbocycles. The Morgan fingerprint density at radius 3 is 2.41 bits per heavy atom. The lowest BCUT2D eigenvalue weighted by Crippen LogP contribution is -2.36. The van der Waals surface area contributed by atoms with Gasteiger partial charge >= 0.3 is 12.1 Å². The smallest absolute Gasteiger partial charge is 0.416 e. The summed E-state index contributed by atoms with van der Waals surface area (Å²) in [7, 11) is 1.21. The lowest BCUT2D eigenvalue weighted by Gasteiger charge is -2.36. The van der Waals surface area contributed by atoms with Crippen LogP contribution in [0.5, 0.6) is 0 Å². The molecule has 176 valence electrons. The van der Waals surface area contributed by atoms with Crippen LogP contribution >= 0.6 is 0 Å². The second-order valence-corrected chi connectivity index (χ2v) is 8.53. The monoisotopic (exact) mass is 469 g/mol. The molecule has 5 rings (SSSR count). The molecule has 0 N–H and O–H groups in total. The van der Waals surface area contributed by atoms with E-state index in [1.54, 1.807) is 24.3 Å². The van der Waals surface area contributed by atoms with E-state index in [1.165, 1.54) is 19.2 Å². The van der Waals surface area contributed by atoms with Crippen LogP contribution in [-0.4, -0.2) is 36.9 Å². The second kappa shape index (κ2) is 8.34. The fourth-order valence-corrected chi connectivity index (χ4v) is 4.94. The van der Waals surface area contributed by atoms with Crippen LogP contribution < -0.4 is 0 Å². The molecule has 0 saturated carbocycles. The molecule has 1 aliphatic carbocycles. The van der Waals surface area contributed by atoms with Crippen LogP contribution in [0.15, 0.2) is 65.6 Å². The zero-order valence-corrected chi connectivity index (χ0v) is 18.4. The van der Waals surface area contributed by atoms with Crippen molar-refractivity contribution in [3.05, 3.63) is 87.8 Å². The fraction of sp³-hybridized carbons (Fsp3) is 0.308. The number of carbonyl (C=O) groups is 2. The quantitative estimate of drug-likeness (QED) is 0.572. The minimum absolute atomic E-state index is 0.0450. The summed E-state index contributed by atoms with van der Waals surface area (Å²) in [6.07, 6.45) is -1.77. The van der Waals surface area contributed by atoms with Crippen molar-refractivity contribution < 1.29 is 32.2 Å². The Labute approximate surface area is 194 Å². The van der Waals surface area contributed by atoms with Crippen molar-refractivity contribution in [1.29, 1.82) is 0 Å². The van der Waals surface area contributed by atoms with E-state index in [9.17, 15) is 22.8 Å². The maximum atomic E-state index is 13.6. The van der Waals surface area contributed by atoms with Gasteiger partial charge in [0.15, 0.2) is 5.78 Å². The van der Waals surface area contributed by atoms with Gasteiger partial charge in [0.05, 0.1) is 24.2 Å². The maximum absolute atomic E-state index is 13.6. The number of halogens is 3. The molecule has 1 atom stereocenters. The number of esters is 1. The number of alkyl halides is 3. The average molecular weight is 469 g/mol. The minimum atomic E-state index is -4.58. The van der Waals surface area contributed by atoms with Crippen molar-refractivity contribution in [2.75, 3.05) is 20.2 Å². The molecule has 8 heteroatoms. The lowest BCUT2D eigenvalue weighted by atomic mass is 9.81. The molecule has 1 saturated heterocycles. The molecule has 1 fully saturated rings. The fourth-order valence-electron chi connectivity index (χ4n) is 4.94. The first-order valence-corrected chi connectivity index (χ1v) is 11.1. The third-order valence-electron chi connectivity index (χ3n) is 6.51. The van der Waals surface area contributed by atoms with Crippen molar-refractivity contribution in [2.24, 2.45) is 0 Å². The summed E-state index contributed by atoms with van der Waals surface area (Å²) in [5, 5.41) is 0. The Hall–Kier alpha value is -3.55. The zero-order chi connectivity index (χ0) is 24.0. The normalized spacial score (nSPS) is 20.2. The van der Waals surface area contributed by atoms with Gasteiger partial charge in [0.25, 0.3) is 0 Å². The first kappa shape index (κ1) is 22.3. The van der Waals surface area contributed by atoms with Crippen molar-refractivity contribution in [1.82, 2.24) is 4.90 Å². The van der Waals surface area contributed by atoms with Gasteiger partial charge in [0.2, 0.25) is 5.88 Å². The number of allylic oxidation sites excluding steroid dienone is 1. The second-order valence-electron chi connectivity index (χ2n) is 8.53. The number of benzene rings is 2. The van der Waals surface area contributed by atoms with Crippen LogP contribution in [0.1, 0.15) is 52.2 Å². The molecule has 0 amide bonds. The van der Waals surface area contributed by atoms with Gasteiger partial charge in [-0.05, 0) is 30.9 Å². The lowest BCUT2D eigenvalue weighted by molar-refractivity contribution is -0.137. The summed E-state index contributed by atoms with van der Waals surface area (Å²) in [6.45, 7) is 1.26. The molecule has 0 radical (unpaired) electrons. The highest BCUT2D eigenvalue weighted by Gasteiger charge is 2.47. The van der Waals surface area contributed by atoms with Crippen LogP contribution in [0.25, 0.3) is 5.76 Å². The number of hydrogen-bond acceptors (Lipinski definition) is 5. The summed E-state index contributed by atoms with van der Waals surface area (Å²) >= 11 is 0. The first-order chi connectivity index (χ1) is 16.3. The topological polar surface area (TPSA) is 55.8 Å². The van der Waals surface area contributed by atoms with E-state index in [-0.39, 0.29) is 34.1 Å².